The Kier molecular flexibility index (Phi) is 4.65. The number of pyridine rings is 1. The summed E-state index contributed by atoms with van der Waals surface area (Å²) < 4.78 is 1.77. The van der Waals surface area contributed by atoms with Crippen LogP contribution in [0.2, 0.25) is 5.02 Å². The van der Waals surface area contributed by atoms with E-state index in [0.717, 1.165) is 0 Å². The molecular weight excluding hydrogens is 354 g/mol. The molecule has 0 fully saturated rings. The Balaban J connectivity index is 2.01. The highest BCUT2D eigenvalue weighted by molar-refractivity contribution is 6.34. The van der Waals surface area contributed by atoms with E-state index in [1.54, 1.807) is 23.0 Å². The second-order valence-corrected chi connectivity index (χ2v) is 6.65. The molecule has 7 nitrogen and oxygen atoms in total. The molecule has 134 valence electrons. The number of halogens is 1. The monoisotopic (exact) mass is 371 g/mol. The van der Waals surface area contributed by atoms with Gasteiger partial charge in [-0.25, -0.2) is 9.67 Å². The Labute approximate surface area is 155 Å². The fraction of sp³-hybridized carbons (Fsp3) is 0.222. The fourth-order valence-corrected chi connectivity index (χ4v) is 2.91. The second-order valence-electron chi connectivity index (χ2n) is 6.24. The average molecular weight is 372 g/mol. The van der Waals surface area contributed by atoms with Crippen LogP contribution in [-0.4, -0.2) is 26.6 Å². The zero-order chi connectivity index (χ0) is 19.0. The maximum atomic E-state index is 12.8. The van der Waals surface area contributed by atoms with Gasteiger partial charge in [0.15, 0.2) is 5.65 Å². The standard InChI is InChI=1S/C18H18ClN5O2/c1-9(2)24-17-14(8-21-24)12(6-10(3)22-17)18(26)23-11-4-5-15(19)13(7-11)16(20)25/h4-9H,1-3H3,(H2,20,25)(H,23,26). The largest absolute Gasteiger partial charge is 0.366 e. The molecule has 2 amide bonds. The Morgan fingerprint density at radius 1 is 1.23 bits per heavy atom. The van der Waals surface area contributed by atoms with E-state index in [9.17, 15) is 9.59 Å². The number of nitrogens with zero attached hydrogens (tertiary/aromatic N) is 3. The number of amides is 2. The van der Waals surface area contributed by atoms with Crippen LogP contribution in [0, 0.1) is 6.92 Å². The highest BCUT2D eigenvalue weighted by atomic mass is 35.5. The first-order valence-electron chi connectivity index (χ1n) is 8.03. The average Bonchev–Trinajstić information content (AvgIpc) is 2.99. The Morgan fingerprint density at radius 2 is 1.96 bits per heavy atom. The van der Waals surface area contributed by atoms with Crippen LogP contribution in [-0.2, 0) is 0 Å². The first-order chi connectivity index (χ1) is 12.3. The number of carbonyl (C=O) groups is 2. The van der Waals surface area contributed by atoms with Crippen molar-refractivity contribution in [2.45, 2.75) is 26.8 Å². The van der Waals surface area contributed by atoms with Gasteiger partial charge < -0.3 is 11.1 Å². The Bertz CT molecular complexity index is 1030. The number of primary amides is 1. The van der Waals surface area contributed by atoms with Crippen molar-refractivity contribution in [2.24, 2.45) is 5.73 Å². The van der Waals surface area contributed by atoms with E-state index in [1.165, 1.54) is 12.1 Å². The quantitative estimate of drug-likeness (QED) is 0.734. The summed E-state index contributed by atoms with van der Waals surface area (Å²) >= 11 is 5.94. The van der Waals surface area contributed by atoms with Crippen LogP contribution in [0.25, 0.3) is 11.0 Å². The van der Waals surface area contributed by atoms with Gasteiger partial charge in [0, 0.05) is 17.4 Å². The number of fused-ring (bicyclic) bond motifs is 1. The molecular formula is C18H18ClN5O2. The smallest absolute Gasteiger partial charge is 0.256 e. The summed E-state index contributed by atoms with van der Waals surface area (Å²) in [7, 11) is 0. The summed E-state index contributed by atoms with van der Waals surface area (Å²) in [5, 5.41) is 7.99. The predicted molar refractivity (Wildman–Crippen MR) is 101 cm³/mol. The maximum absolute atomic E-state index is 12.8. The minimum Gasteiger partial charge on any atom is -0.366 e. The number of carbonyl (C=O) groups excluding carboxylic acids is 2. The van der Waals surface area contributed by atoms with Crippen molar-refractivity contribution in [3.05, 3.63) is 52.3 Å². The summed E-state index contributed by atoms with van der Waals surface area (Å²) in [5.41, 5.74) is 7.68. The summed E-state index contributed by atoms with van der Waals surface area (Å²) in [6.45, 7) is 5.81. The van der Waals surface area contributed by atoms with Crippen molar-refractivity contribution in [2.75, 3.05) is 5.32 Å². The molecule has 0 spiro atoms. The Morgan fingerprint density at radius 3 is 2.62 bits per heavy atom. The van der Waals surface area contributed by atoms with E-state index in [2.05, 4.69) is 15.4 Å². The van der Waals surface area contributed by atoms with Crippen LogP contribution in [0.15, 0.2) is 30.5 Å². The second kappa shape index (κ2) is 6.76. The topological polar surface area (TPSA) is 103 Å². The van der Waals surface area contributed by atoms with Gasteiger partial charge in [-0.1, -0.05) is 11.6 Å². The van der Waals surface area contributed by atoms with Crippen molar-refractivity contribution >= 4 is 40.1 Å². The van der Waals surface area contributed by atoms with Crippen LogP contribution < -0.4 is 11.1 Å². The highest BCUT2D eigenvalue weighted by Crippen LogP contribution is 2.24. The van der Waals surface area contributed by atoms with Crippen molar-refractivity contribution in [1.29, 1.82) is 0 Å². The SMILES string of the molecule is Cc1cc(C(=O)Nc2ccc(Cl)c(C(N)=O)c2)c2cnn(C(C)C)c2n1. The molecule has 3 N–H and O–H groups in total. The molecule has 0 aliphatic carbocycles. The van der Waals surface area contributed by atoms with Crippen LogP contribution in [0.1, 0.15) is 46.3 Å². The molecule has 0 saturated carbocycles. The van der Waals surface area contributed by atoms with Gasteiger partial charge in [0.25, 0.3) is 5.91 Å². The molecule has 2 aromatic heterocycles. The number of hydrogen-bond acceptors (Lipinski definition) is 4. The maximum Gasteiger partial charge on any atom is 0.256 e. The third kappa shape index (κ3) is 3.25. The third-order valence-electron chi connectivity index (χ3n) is 3.92. The number of nitrogens with two attached hydrogens (primary N) is 1. The van der Waals surface area contributed by atoms with Crippen molar-refractivity contribution in [1.82, 2.24) is 14.8 Å². The van der Waals surface area contributed by atoms with E-state index < -0.39 is 5.91 Å². The van der Waals surface area contributed by atoms with Crippen molar-refractivity contribution < 1.29 is 9.59 Å². The lowest BCUT2D eigenvalue weighted by molar-refractivity contribution is 0.0996. The van der Waals surface area contributed by atoms with Crippen LogP contribution in [0.5, 0.6) is 0 Å². The van der Waals surface area contributed by atoms with Gasteiger partial charge in [0.05, 0.1) is 27.7 Å². The summed E-state index contributed by atoms with van der Waals surface area (Å²) in [6.07, 6.45) is 1.63. The lowest BCUT2D eigenvalue weighted by atomic mass is 10.1. The zero-order valence-corrected chi connectivity index (χ0v) is 15.3. The van der Waals surface area contributed by atoms with Gasteiger partial charge >= 0.3 is 0 Å². The van der Waals surface area contributed by atoms with E-state index >= 15 is 0 Å². The number of rotatable bonds is 4. The van der Waals surface area contributed by atoms with Gasteiger partial charge in [0.2, 0.25) is 5.91 Å². The number of aryl methyl sites for hydroxylation is 1. The normalized spacial score (nSPS) is 11.1. The zero-order valence-electron chi connectivity index (χ0n) is 14.6. The van der Waals surface area contributed by atoms with Gasteiger partial charge in [-0.15, -0.1) is 0 Å². The fourth-order valence-electron chi connectivity index (χ4n) is 2.70. The molecule has 3 rings (SSSR count). The number of anilines is 1. The molecule has 0 unspecified atom stereocenters. The molecule has 0 atom stereocenters. The molecule has 26 heavy (non-hydrogen) atoms. The highest BCUT2D eigenvalue weighted by Gasteiger charge is 2.17. The summed E-state index contributed by atoms with van der Waals surface area (Å²) in [6, 6.07) is 6.39. The van der Waals surface area contributed by atoms with Gasteiger partial charge in [-0.05, 0) is 45.0 Å². The van der Waals surface area contributed by atoms with E-state index in [0.29, 0.717) is 28.0 Å². The number of nitrogens with one attached hydrogen (secondary N) is 1. The first kappa shape index (κ1) is 17.9. The summed E-state index contributed by atoms with van der Waals surface area (Å²) in [5.74, 6) is -0.993. The molecule has 2 heterocycles. The van der Waals surface area contributed by atoms with Crippen molar-refractivity contribution in [3.8, 4) is 0 Å². The molecule has 3 aromatic rings. The molecule has 0 bridgehead atoms. The first-order valence-corrected chi connectivity index (χ1v) is 8.41. The van der Waals surface area contributed by atoms with Gasteiger partial charge in [0.1, 0.15) is 0 Å². The molecule has 1 aromatic carbocycles. The third-order valence-corrected chi connectivity index (χ3v) is 4.25. The molecule has 0 aliphatic rings. The van der Waals surface area contributed by atoms with Gasteiger partial charge in [-0.3, -0.25) is 9.59 Å². The summed E-state index contributed by atoms with van der Waals surface area (Å²) in [4.78, 5) is 28.7. The molecule has 0 radical (unpaired) electrons. The van der Waals surface area contributed by atoms with E-state index in [-0.39, 0.29) is 22.5 Å². The minimum atomic E-state index is -0.661. The number of benzene rings is 1. The predicted octanol–water partition coefficient (Wildman–Crippen LogP) is 3.33. The van der Waals surface area contributed by atoms with E-state index in [1.807, 2.05) is 20.8 Å². The Hall–Kier alpha value is -2.93. The van der Waals surface area contributed by atoms with Gasteiger partial charge in [-0.2, -0.15) is 5.10 Å². The van der Waals surface area contributed by atoms with Crippen LogP contribution in [0.3, 0.4) is 0 Å². The van der Waals surface area contributed by atoms with Crippen molar-refractivity contribution in [3.63, 3.8) is 0 Å². The number of aromatic nitrogens is 3. The lowest BCUT2D eigenvalue weighted by Crippen LogP contribution is -2.15. The molecule has 8 heteroatoms. The number of hydrogen-bond donors (Lipinski definition) is 2. The van der Waals surface area contributed by atoms with Crippen LogP contribution >= 0.6 is 11.6 Å². The molecule has 0 saturated heterocycles. The lowest BCUT2D eigenvalue weighted by Gasteiger charge is -2.10. The van der Waals surface area contributed by atoms with E-state index in [4.69, 9.17) is 17.3 Å². The minimum absolute atomic E-state index is 0.118. The molecule has 0 aliphatic heterocycles. The van der Waals surface area contributed by atoms with Crippen LogP contribution in [0.4, 0.5) is 5.69 Å².